The molecule has 0 amide bonds. The molecule has 0 aromatic carbocycles. The van der Waals surface area contributed by atoms with E-state index in [1.54, 1.807) is 0 Å². The minimum atomic E-state index is -0.330. The van der Waals surface area contributed by atoms with Crippen LogP contribution in [0.2, 0.25) is 5.02 Å². The first-order valence-electron chi connectivity index (χ1n) is 5.82. The van der Waals surface area contributed by atoms with E-state index in [0.717, 1.165) is 32.2 Å². The number of nitrogens with one attached hydrogen (secondary N) is 2. The molecule has 0 radical (unpaired) electrons. The van der Waals surface area contributed by atoms with Crippen LogP contribution in [0, 0.1) is 5.92 Å². The monoisotopic (exact) mass is 257 g/mol. The molecular weight excluding hydrogens is 242 g/mol. The number of hydrogen-bond donors (Lipinski definition) is 3. The van der Waals surface area contributed by atoms with Gasteiger partial charge in [-0.3, -0.25) is 4.79 Å². The molecule has 17 heavy (non-hydrogen) atoms. The Labute approximate surface area is 104 Å². The Kier molecular flexibility index (Phi) is 4.02. The predicted octanol–water partition coefficient (Wildman–Crippen LogP) is 1.39. The largest absolute Gasteiger partial charge is 0.393 e. The fourth-order valence-electron chi connectivity index (χ4n) is 2.10. The van der Waals surface area contributed by atoms with Gasteiger partial charge in [-0.1, -0.05) is 11.6 Å². The molecule has 1 aromatic rings. The van der Waals surface area contributed by atoms with Crippen LogP contribution in [0.4, 0.5) is 5.82 Å². The van der Waals surface area contributed by atoms with Gasteiger partial charge in [-0.25, -0.2) is 4.98 Å². The average Bonchev–Trinajstić information content (AvgIpc) is 2.33. The molecule has 2 rings (SSSR count). The van der Waals surface area contributed by atoms with E-state index in [1.165, 1.54) is 6.33 Å². The van der Waals surface area contributed by atoms with Crippen LogP contribution in [-0.4, -0.2) is 27.7 Å². The molecule has 1 saturated carbocycles. The average molecular weight is 258 g/mol. The number of aliphatic hydroxyl groups is 1. The molecule has 1 aromatic heterocycles. The fraction of sp³-hybridized carbons (Fsp3) is 0.636. The smallest absolute Gasteiger partial charge is 0.271 e. The van der Waals surface area contributed by atoms with E-state index in [9.17, 15) is 9.90 Å². The van der Waals surface area contributed by atoms with E-state index < -0.39 is 0 Å². The van der Waals surface area contributed by atoms with Crippen LogP contribution in [0.3, 0.4) is 0 Å². The lowest BCUT2D eigenvalue weighted by Gasteiger charge is -2.25. The quantitative estimate of drug-likeness (QED) is 0.765. The first kappa shape index (κ1) is 12.4. The van der Waals surface area contributed by atoms with Gasteiger partial charge in [0.1, 0.15) is 5.02 Å². The fourth-order valence-corrected chi connectivity index (χ4v) is 2.27. The van der Waals surface area contributed by atoms with E-state index in [1.807, 2.05) is 0 Å². The van der Waals surface area contributed by atoms with Crippen molar-refractivity contribution in [3.05, 3.63) is 21.7 Å². The number of anilines is 1. The van der Waals surface area contributed by atoms with Crippen LogP contribution in [0.5, 0.6) is 0 Å². The maximum atomic E-state index is 11.2. The number of aromatic amines is 1. The maximum absolute atomic E-state index is 11.2. The van der Waals surface area contributed by atoms with Crippen LogP contribution in [-0.2, 0) is 0 Å². The second-order valence-electron chi connectivity index (χ2n) is 4.45. The highest BCUT2D eigenvalue weighted by molar-refractivity contribution is 6.32. The highest BCUT2D eigenvalue weighted by Crippen LogP contribution is 2.24. The van der Waals surface area contributed by atoms with Crippen molar-refractivity contribution in [2.45, 2.75) is 31.8 Å². The molecule has 0 atom stereocenters. The third-order valence-electron chi connectivity index (χ3n) is 3.17. The van der Waals surface area contributed by atoms with Crippen LogP contribution in [0.1, 0.15) is 25.7 Å². The first-order chi connectivity index (χ1) is 8.16. The molecule has 0 unspecified atom stereocenters. The Morgan fingerprint density at radius 2 is 2.18 bits per heavy atom. The van der Waals surface area contributed by atoms with Crippen molar-refractivity contribution in [1.29, 1.82) is 0 Å². The molecule has 6 heteroatoms. The zero-order valence-electron chi connectivity index (χ0n) is 9.45. The van der Waals surface area contributed by atoms with Gasteiger partial charge in [0.05, 0.1) is 12.4 Å². The van der Waals surface area contributed by atoms with Gasteiger partial charge >= 0.3 is 0 Å². The summed E-state index contributed by atoms with van der Waals surface area (Å²) in [6.07, 6.45) is 4.88. The summed E-state index contributed by atoms with van der Waals surface area (Å²) < 4.78 is 0. The standard InChI is InChI=1S/C11H16ClN3O2/c12-9-10(14-6-15-11(9)17)13-5-7-1-3-8(16)4-2-7/h6-8,16H,1-5H2,(H2,13,14,15,17). The molecule has 1 heterocycles. The van der Waals surface area contributed by atoms with Crippen molar-refractivity contribution in [2.75, 3.05) is 11.9 Å². The summed E-state index contributed by atoms with van der Waals surface area (Å²) in [4.78, 5) is 17.6. The number of aromatic nitrogens is 2. The van der Waals surface area contributed by atoms with Crippen molar-refractivity contribution in [3.8, 4) is 0 Å². The lowest BCUT2D eigenvalue weighted by molar-refractivity contribution is 0.111. The molecular formula is C11H16ClN3O2. The third-order valence-corrected chi connectivity index (χ3v) is 3.52. The Morgan fingerprint density at radius 3 is 2.88 bits per heavy atom. The van der Waals surface area contributed by atoms with Crippen molar-refractivity contribution in [3.63, 3.8) is 0 Å². The zero-order chi connectivity index (χ0) is 12.3. The first-order valence-corrected chi connectivity index (χ1v) is 6.19. The van der Waals surface area contributed by atoms with Crippen LogP contribution < -0.4 is 10.9 Å². The molecule has 3 N–H and O–H groups in total. The van der Waals surface area contributed by atoms with Crippen LogP contribution >= 0.6 is 11.6 Å². The number of halogens is 1. The van der Waals surface area contributed by atoms with Crippen LogP contribution in [0.25, 0.3) is 0 Å². The summed E-state index contributed by atoms with van der Waals surface area (Å²) in [7, 11) is 0. The number of rotatable bonds is 3. The summed E-state index contributed by atoms with van der Waals surface area (Å²) in [6.45, 7) is 0.739. The molecule has 0 saturated heterocycles. The predicted molar refractivity (Wildman–Crippen MR) is 66.3 cm³/mol. The Bertz CT molecular complexity index is 427. The number of H-pyrrole nitrogens is 1. The summed E-state index contributed by atoms with van der Waals surface area (Å²) >= 11 is 5.83. The van der Waals surface area contributed by atoms with Gasteiger partial charge in [-0.05, 0) is 31.6 Å². The van der Waals surface area contributed by atoms with E-state index in [-0.39, 0.29) is 16.7 Å². The third kappa shape index (κ3) is 3.20. The molecule has 0 bridgehead atoms. The zero-order valence-corrected chi connectivity index (χ0v) is 10.2. The summed E-state index contributed by atoms with van der Waals surface area (Å²) in [5.74, 6) is 0.942. The van der Waals surface area contributed by atoms with E-state index >= 15 is 0 Å². The van der Waals surface area contributed by atoms with E-state index in [0.29, 0.717) is 11.7 Å². The Balaban J connectivity index is 1.90. The SMILES string of the molecule is O=c1[nH]cnc(NCC2CCC(O)CC2)c1Cl. The lowest BCUT2D eigenvalue weighted by Crippen LogP contribution is -2.24. The van der Waals surface area contributed by atoms with Gasteiger partial charge in [-0.15, -0.1) is 0 Å². The topological polar surface area (TPSA) is 78.0 Å². The maximum Gasteiger partial charge on any atom is 0.271 e. The molecule has 1 aliphatic carbocycles. The summed E-state index contributed by atoms with van der Waals surface area (Å²) in [5, 5.41) is 12.6. The molecule has 0 aliphatic heterocycles. The molecule has 1 aliphatic rings. The molecule has 94 valence electrons. The van der Waals surface area contributed by atoms with E-state index in [4.69, 9.17) is 11.6 Å². The lowest BCUT2D eigenvalue weighted by atomic mass is 9.87. The summed E-state index contributed by atoms with van der Waals surface area (Å²) in [5.41, 5.74) is -0.330. The normalized spacial score (nSPS) is 24.6. The summed E-state index contributed by atoms with van der Waals surface area (Å²) in [6, 6.07) is 0. The molecule has 0 spiro atoms. The van der Waals surface area contributed by atoms with Crippen molar-refractivity contribution in [1.82, 2.24) is 9.97 Å². The van der Waals surface area contributed by atoms with Gasteiger partial charge in [0.15, 0.2) is 5.82 Å². The second kappa shape index (κ2) is 5.51. The number of nitrogens with zero attached hydrogens (tertiary/aromatic N) is 1. The van der Waals surface area contributed by atoms with Gasteiger partial charge in [0.2, 0.25) is 0 Å². The second-order valence-corrected chi connectivity index (χ2v) is 4.83. The Hall–Kier alpha value is -1.07. The molecule has 1 fully saturated rings. The van der Waals surface area contributed by atoms with Gasteiger partial charge in [0, 0.05) is 6.54 Å². The van der Waals surface area contributed by atoms with Gasteiger partial charge < -0.3 is 15.4 Å². The number of aliphatic hydroxyl groups excluding tert-OH is 1. The Morgan fingerprint density at radius 1 is 1.47 bits per heavy atom. The minimum Gasteiger partial charge on any atom is -0.393 e. The van der Waals surface area contributed by atoms with Gasteiger partial charge in [-0.2, -0.15) is 0 Å². The van der Waals surface area contributed by atoms with Crippen molar-refractivity contribution >= 4 is 17.4 Å². The minimum absolute atomic E-state index is 0.100. The highest BCUT2D eigenvalue weighted by Gasteiger charge is 2.19. The number of hydrogen-bond acceptors (Lipinski definition) is 4. The molecule has 5 nitrogen and oxygen atoms in total. The van der Waals surface area contributed by atoms with Crippen molar-refractivity contribution < 1.29 is 5.11 Å². The highest BCUT2D eigenvalue weighted by atomic mass is 35.5. The van der Waals surface area contributed by atoms with Gasteiger partial charge in [0.25, 0.3) is 5.56 Å². The van der Waals surface area contributed by atoms with E-state index in [2.05, 4.69) is 15.3 Å². The van der Waals surface area contributed by atoms with Crippen molar-refractivity contribution in [2.24, 2.45) is 5.92 Å². The van der Waals surface area contributed by atoms with Crippen LogP contribution in [0.15, 0.2) is 11.1 Å².